The third kappa shape index (κ3) is 3.06. The first-order chi connectivity index (χ1) is 12.6. The molecule has 0 atom stereocenters. The van der Waals surface area contributed by atoms with Gasteiger partial charge in [0.1, 0.15) is 17.7 Å². The van der Waals surface area contributed by atoms with Crippen molar-refractivity contribution >= 4 is 22.8 Å². The van der Waals surface area contributed by atoms with Crippen LogP contribution >= 0.6 is 0 Å². The van der Waals surface area contributed by atoms with Gasteiger partial charge in [0, 0.05) is 10.9 Å². The van der Waals surface area contributed by atoms with Crippen LogP contribution in [0.15, 0.2) is 59.3 Å². The van der Waals surface area contributed by atoms with Gasteiger partial charge in [-0.1, -0.05) is 30.3 Å². The standard InChI is InChI=1S/C19H15FN4O2/c1-12-15-9-14(20)7-8-16(15)26-17(12)18(25)22-19-21-11-24(23-19)10-13-5-3-2-4-6-13/h2-9,11H,10H2,1H3,(H,22,23,25). The number of aromatic nitrogens is 3. The third-order valence-corrected chi connectivity index (χ3v) is 4.05. The fourth-order valence-corrected chi connectivity index (χ4v) is 2.77. The molecule has 0 aliphatic rings. The van der Waals surface area contributed by atoms with Gasteiger partial charge >= 0.3 is 0 Å². The number of amides is 1. The Morgan fingerprint density at radius 3 is 2.85 bits per heavy atom. The normalized spacial score (nSPS) is 11.0. The van der Waals surface area contributed by atoms with Gasteiger partial charge in [-0.05, 0) is 30.7 Å². The number of aryl methyl sites for hydroxylation is 1. The number of benzene rings is 2. The lowest BCUT2D eigenvalue weighted by molar-refractivity contribution is 0.0997. The highest BCUT2D eigenvalue weighted by Crippen LogP contribution is 2.26. The summed E-state index contributed by atoms with van der Waals surface area (Å²) in [6.45, 7) is 2.26. The summed E-state index contributed by atoms with van der Waals surface area (Å²) in [5.74, 6) is -0.562. The number of hydrogen-bond acceptors (Lipinski definition) is 4. The highest BCUT2D eigenvalue weighted by Gasteiger charge is 2.19. The van der Waals surface area contributed by atoms with Crippen molar-refractivity contribution < 1.29 is 13.6 Å². The van der Waals surface area contributed by atoms with E-state index in [0.717, 1.165) is 5.56 Å². The average molecular weight is 350 g/mol. The van der Waals surface area contributed by atoms with Crippen LogP contribution in [0.5, 0.6) is 0 Å². The zero-order chi connectivity index (χ0) is 18.1. The summed E-state index contributed by atoms with van der Waals surface area (Å²) in [5, 5.41) is 7.42. The molecule has 4 aromatic rings. The molecule has 0 saturated heterocycles. The molecule has 1 N–H and O–H groups in total. The molecule has 0 fully saturated rings. The van der Waals surface area contributed by atoms with E-state index in [4.69, 9.17) is 4.42 Å². The molecule has 7 heteroatoms. The molecule has 0 unspecified atom stereocenters. The minimum absolute atomic E-state index is 0.116. The molecule has 0 spiro atoms. The second-order valence-electron chi connectivity index (χ2n) is 5.90. The molecular formula is C19H15FN4O2. The number of nitrogens with one attached hydrogen (secondary N) is 1. The van der Waals surface area contributed by atoms with Crippen molar-refractivity contribution in [1.82, 2.24) is 14.8 Å². The van der Waals surface area contributed by atoms with Crippen LogP contribution in [0.25, 0.3) is 11.0 Å². The van der Waals surface area contributed by atoms with Gasteiger partial charge in [-0.3, -0.25) is 10.1 Å². The fourth-order valence-electron chi connectivity index (χ4n) is 2.77. The zero-order valence-corrected chi connectivity index (χ0v) is 13.9. The Labute approximate surface area is 148 Å². The van der Waals surface area contributed by atoms with Gasteiger partial charge in [0.05, 0.1) is 6.54 Å². The van der Waals surface area contributed by atoms with E-state index < -0.39 is 5.91 Å². The van der Waals surface area contributed by atoms with Crippen LogP contribution in [-0.4, -0.2) is 20.7 Å². The number of carbonyl (C=O) groups excluding carboxylic acids is 1. The summed E-state index contributed by atoms with van der Waals surface area (Å²) in [7, 11) is 0. The summed E-state index contributed by atoms with van der Waals surface area (Å²) in [4.78, 5) is 16.6. The van der Waals surface area contributed by atoms with Crippen LogP contribution in [-0.2, 0) is 6.54 Å². The average Bonchev–Trinajstić information content (AvgIpc) is 3.20. The molecule has 6 nitrogen and oxygen atoms in total. The number of hydrogen-bond donors (Lipinski definition) is 1. The lowest BCUT2D eigenvalue weighted by Gasteiger charge is -2.01. The monoisotopic (exact) mass is 350 g/mol. The van der Waals surface area contributed by atoms with E-state index in [0.29, 0.717) is 23.1 Å². The number of carbonyl (C=O) groups is 1. The van der Waals surface area contributed by atoms with Gasteiger partial charge in [-0.25, -0.2) is 14.1 Å². The van der Waals surface area contributed by atoms with Gasteiger partial charge in [-0.2, -0.15) is 0 Å². The molecule has 4 rings (SSSR count). The molecule has 0 aliphatic heterocycles. The Hall–Kier alpha value is -3.48. The fraction of sp³-hybridized carbons (Fsp3) is 0.105. The first-order valence-electron chi connectivity index (χ1n) is 8.03. The highest BCUT2D eigenvalue weighted by atomic mass is 19.1. The number of nitrogens with zero attached hydrogens (tertiary/aromatic N) is 3. The summed E-state index contributed by atoms with van der Waals surface area (Å²) >= 11 is 0. The smallest absolute Gasteiger partial charge is 0.294 e. The Balaban J connectivity index is 1.53. The maximum Gasteiger partial charge on any atom is 0.294 e. The van der Waals surface area contributed by atoms with Crippen molar-refractivity contribution in [2.75, 3.05) is 5.32 Å². The van der Waals surface area contributed by atoms with Crippen molar-refractivity contribution in [2.45, 2.75) is 13.5 Å². The minimum atomic E-state index is -0.475. The van der Waals surface area contributed by atoms with Crippen LogP contribution in [0.2, 0.25) is 0 Å². The summed E-state index contributed by atoms with van der Waals surface area (Å²) in [5.41, 5.74) is 2.10. The lowest BCUT2D eigenvalue weighted by Crippen LogP contribution is -2.13. The second kappa shape index (κ2) is 6.44. The van der Waals surface area contributed by atoms with E-state index in [1.807, 2.05) is 30.3 Å². The van der Waals surface area contributed by atoms with E-state index in [9.17, 15) is 9.18 Å². The number of rotatable bonds is 4. The van der Waals surface area contributed by atoms with E-state index >= 15 is 0 Å². The highest BCUT2D eigenvalue weighted by molar-refractivity contribution is 6.05. The van der Waals surface area contributed by atoms with Crippen LogP contribution in [0.1, 0.15) is 21.7 Å². The Bertz CT molecular complexity index is 1090. The van der Waals surface area contributed by atoms with Crippen LogP contribution in [0.3, 0.4) is 0 Å². The second-order valence-corrected chi connectivity index (χ2v) is 5.90. The predicted octanol–water partition coefficient (Wildman–Crippen LogP) is 3.77. The van der Waals surface area contributed by atoms with Crippen LogP contribution in [0, 0.1) is 12.7 Å². The Morgan fingerprint density at radius 2 is 2.04 bits per heavy atom. The molecular weight excluding hydrogens is 335 g/mol. The van der Waals surface area contributed by atoms with E-state index in [2.05, 4.69) is 15.4 Å². The molecule has 0 bridgehead atoms. The maximum atomic E-state index is 13.4. The summed E-state index contributed by atoms with van der Waals surface area (Å²) in [6.07, 6.45) is 1.55. The topological polar surface area (TPSA) is 73.0 Å². The Morgan fingerprint density at radius 1 is 1.23 bits per heavy atom. The summed E-state index contributed by atoms with van der Waals surface area (Å²) in [6, 6.07) is 13.9. The van der Waals surface area contributed by atoms with Crippen LogP contribution < -0.4 is 5.32 Å². The largest absolute Gasteiger partial charge is 0.451 e. The molecule has 0 radical (unpaired) electrons. The molecule has 130 valence electrons. The first-order valence-corrected chi connectivity index (χ1v) is 8.03. The molecule has 26 heavy (non-hydrogen) atoms. The number of halogens is 1. The SMILES string of the molecule is Cc1c(C(=O)Nc2ncn(Cc3ccccc3)n2)oc2ccc(F)cc12. The molecule has 2 aromatic heterocycles. The van der Waals surface area contributed by atoms with Gasteiger partial charge in [0.15, 0.2) is 5.76 Å². The lowest BCUT2D eigenvalue weighted by atomic mass is 10.1. The van der Waals surface area contributed by atoms with Crippen molar-refractivity contribution in [1.29, 1.82) is 0 Å². The van der Waals surface area contributed by atoms with Gasteiger partial charge < -0.3 is 4.42 Å². The molecule has 0 aliphatic carbocycles. The predicted molar refractivity (Wildman–Crippen MR) is 94.4 cm³/mol. The zero-order valence-electron chi connectivity index (χ0n) is 13.9. The van der Waals surface area contributed by atoms with Crippen LogP contribution in [0.4, 0.5) is 10.3 Å². The van der Waals surface area contributed by atoms with Crippen molar-refractivity contribution in [2.24, 2.45) is 0 Å². The van der Waals surface area contributed by atoms with Gasteiger partial charge in [0.25, 0.3) is 5.91 Å². The number of fused-ring (bicyclic) bond motifs is 1. The third-order valence-electron chi connectivity index (χ3n) is 4.05. The minimum Gasteiger partial charge on any atom is -0.451 e. The van der Waals surface area contributed by atoms with Gasteiger partial charge in [0.2, 0.25) is 5.95 Å². The van der Waals surface area contributed by atoms with Gasteiger partial charge in [-0.15, -0.1) is 5.10 Å². The quantitative estimate of drug-likeness (QED) is 0.608. The number of furan rings is 1. The van der Waals surface area contributed by atoms with E-state index in [-0.39, 0.29) is 17.5 Å². The molecule has 2 heterocycles. The number of anilines is 1. The summed E-state index contributed by atoms with van der Waals surface area (Å²) < 4.78 is 20.6. The first kappa shape index (κ1) is 16.0. The van der Waals surface area contributed by atoms with Crippen molar-refractivity contribution in [3.05, 3.63) is 77.6 Å². The molecule has 0 saturated carbocycles. The Kier molecular flexibility index (Phi) is 3.96. The van der Waals surface area contributed by atoms with E-state index in [1.165, 1.54) is 18.2 Å². The molecule has 1 amide bonds. The van der Waals surface area contributed by atoms with Crippen molar-refractivity contribution in [3.8, 4) is 0 Å². The maximum absolute atomic E-state index is 13.4. The van der Waals surface area contributed by atoms with Crippen molar-refractivity contribution in [3.63, 3.8) is 0 Å². The van der Waals surface area contributed by atoms with E-state index in [1.54, 1.807) is 17.9 Å². The molecule has 2 aromatic carbocycles.